The molecule has 11 heteroatoms. The van der Waals surface area contributed by atoms with Crippen LogP contribution in [0.25, 0.3) is 0 Å². The molecule has 0 spiro atoms. The highest BCUT2D eigenvalue weighted by Gasteiger charge is 2.10. The number of hydrogen-bond acceptors (Lipinski definition) is 7. The van der Waals surface area contributed by atoms with Crippen molar-refractivity contribution in [3.05, 3.63) is 64.2 Å². The van der Waals surface area contributed by atoms with Gasteiger partial charge in [-0.2, -0.15) is 0 Å². The third-order valence-corrected chi connectivity index (χ3v) is 4.30. The highest BCUT2D eigenvalue weighted by atomic mass is 32.1. The molecule has 0 atom stereocenters. The van der Waals surface area contributed by atoms with Crippen LogP contribution in [0.3, 0.4) is 0 Å². The lowest BCUT2D eigenvalue weighted by Crippen LogP contribution is -2.49. The normalized spacial score (nSPS) is 10.0. The first-order valence-corrected chi connectivity index (χ1v) is 10.3. The number of rotatable bonds is 10. The maximum absolute atomic E-state index is 12.2. The summed E-state index contributed by atoms with van der Waals surface area (Å²) >= 11 is 4.99. The maximum Gasteiger partial charge on any atom is 0.276 e. The molecule has 0 unspecified atom stereocenters. The van der Waals surface area contributed by atoms with Crippen molar-refractivity contribution in [1.82, 2.24) is 16.2 Å². The van der Waals surface area contributed by atoms with E-state index >= 15 is 0 Å². The molecule has 0 aliphatic carbocycles. The molecule has 0 aliphatic rings. The van der Waals surface area contributed by atoms with E-state index in [2.05, 4.69) is 23.1 Å². The molecule has 0 saturated carbocycles. The summed E-state index contributed by atoms with van der Waals surface area (Å²) in [6, 6.07) is 11.9. The van der Waals surface area contributed by atoms with Gasteiger partial charge >= 0.3 is 0 Å². The number of carbonyl (C=O) groups excluding carboxylic acids is 2. The molecule has 0 bridgehead atoms. The first-order chi connectivity index (χ1) is 15.4. The van der Waals surface area contributed by atoms with Crippen molar-refractivity contribution in [2.75, 3.05) is 13.2 Å². The van der Waals surface area contributed by atoms with Crippen molar-refractivity contribution in [1.29, 1.82) is 0 Å². The summed E-state index contributed by atoms with van der Waals surface area (Å²) in [4.78, 5) is 34.1. The van der Waals surface area contributed by atoms with Gasteiger partial charge in [0.2, 0.25) is 0 Å². The van der Waals surface area contributed by atoms with Gasteiger partial charge < -0.3 is 9.47 Å². The number of non-ortho nitro benzene ring substituents is 1. The van der Waals surface area contributed by atoms with Crippen molar-refractivity contribution in [3.8, 4) is 11.5 Å². The standard InChI is InChI=1S/C21H24N4O6S/c1-2-3-4-13-30-17-9-5-15(6-10-17)20(27)22-21(32)24-23-19(26)14-31-18-11-7-16(8-12-18)25(28)29/h5-12H,2-4,13-14H2,1H3,(H,23,26)(H2,22,24,27,32). The molecule has 3 N–H and O–H groups in total. The van der Waals surface area contributed by atoms with Crippen LogP contribution >= 0.6 is 12.2 Å². The van der Waals surface area contributed by atoms with Crippen LogP contribution in [0, 0.1) is 10.1 Å². The second-order valence-electron chi connectivity index (χ2n) is 6.58. The topological polar surface area (TPSA) is 132 Å². The van der Waals surface area contributed by atoms with Crippen molar-refractivity contribution >= 4 is 34.8 Å². The summed E-state index contributed by atoms with van der Waals surface area (Å²) < 4.78 is 10.8. The van der Waals surface area contributed by atoms with E-state index in [1.165, 1.54) is 24.3 Å². The SMILES string of the molecule is CCCCCOc1ccc(C(=O)NC(=S)NNC(=O)COc2ccc([N+](=O)[O-])cc2)cc1. The molecule has 2 aromatic rings. The number of unbranched alkanes of at least 4 members (excludes halogenated alkanes) is 2. The molecule has 170 valence electrons. The first-order valence-electron chi connectivity index (χ1n) is 9.89. The van der Waals surface area contributed by atoms with Gasteiger partial charge in [0.15, 0.2) is 11.7 Å². The van der Waals surface area contributed by atoms with E-state index in [-0.39, 0.29) is 17.4 Å². The zero-order chi connectivity index (χ0) is 23.3. The number of nitro groups is 1. The summed E-state index contributed by atoms with van der Waals surface area (Å²) in [7, 11) is 0. The van der Waals surface area contributed by atoms with E-state index in [1.54, 1.807) is 24.3 Å². The smallest absolute Gasteiger partial charge is 0.276 e. The summed E-state index contributed by atoms with van der Waals surface area (Å²) in [5, 5.41) is 13.0. The Balaban J connectivity index is 1.69. The predicted molar refractivity (Wildman–Crippen MR) is 121 cm³/mol. The molecule has 0 aromatic heterocycles. The zero-order valence-corrected chi connectivity index (χ0v) is 18.3. The molecule has 0 radical (unpaired) electrons. The van der Waals surface area contributed by atoms with Gasteiger partial charge in [-0.3, -0.25) is 35.9 Å². The van der Waals surface area contributed by atoms with Gasteiger partial charge in [0.25, 0.3) is 17.5 Å². The lowest BCUT2D eigenvalue weighted by atomic mass is 10.2. The fourth-order valence-electron chi connectivity index (χ4n) is 2.43. The van der Waals surface area contributed by atoms with Gasteiger partial charge in [-0.15, -0.1) is 0 Å². The molecule has 0 fully saturated rings. The molecule has 32 heavy (non-hydrogen) atoms. The number of hydrogen-bond donors (Lipinski definition) is 3. The zero-order valence-electron chi connectivity index (χ0n) is 17.5. The lowest BCUT2D eigenvalue weighted by Gasteiger charge is -2.12. The fraction of sp³-hybridized carbons (Fsp3) is 0.286. The van der Waals surface area contributed by atoms with E-state index in [4.69, 9.17) is 21.7 Å². The van der Waals surface area contributed by atoms with E-state index < -0.39 is 16.7 Å². The van der Waals surface area contributed by atoms with Crippen molar-refractivity contribution < 1.29 is 24.0 Å². The Labute approximate surface area is 190 Å². The van der Waals surface area contributed by atoms with Crippen LogP contribution < -0.4 is 25.6 Å². The first kappa shape index (κ1) is 24.5. The molecular formula is C21H24N4O6S. The summed E-state index contributed by atoms with van der Waals surface area (Å²) in [6.45, 7) is 2.38. The summed E-state index contributed by atoms with van der Waals surface area (Å²) in [6.07, 6.45) is 3.19. The Morgan fingerprint density at radius 2 is 1.59 bits per heavy atom. The second-order valence-corrected chi connectivity index (χ2v) is 6.98. The van der Waals surface area contributed by atoms with Crippen LogP contribution in [0.5, 0.6) is 11.5 Å². The Morgan fingerprint density at radius 1 is 0.969 bits per heavy atom. The van der Waals surface area contributed by atoms with Crippen LogP contribution in [0.2, 0.25) is 0 Å². The van der Waals surface area contributed by atoms with Gasteiger partial charge in [0.1, 0.15) is 11.5 Å². The number of nitrogens with zero attached hydrogens (tertiary/aromatic N) is 1. The summed E-state index contributed by atoms with van der Waals surface area (Å²) in [5.74, 6) is -0.0426. The largest absolute Gasteiger partial charge is 0.494 e. The number of benzene rings is 2. The third-order valence-electron chi connectivity index (χ3n) is 4.09. The van der Waals surface area contributed by atoms with E-state index in [1.807, 2.05) is 0 Å². The number of carbonyl (C=O) groups is 2. The van der Waals surface area contributed by atoms with Crippen LogP contribution in [0.4, 0.5) is 5.69 Å². The molecule has 0 saturated heterocycles. The molecule has 10 nitrogen and oxygen atoms in total. The quantitative estimate of drug-likeness (QED) is 0.213. The third kappa shape index (κ3) is 8.56. The minimum atomic E-state index is -0.565. The van der Waals surface area contributed by atoms with E-state index in [9.17, 15) is 19.7 Å². The number of nitrogens with one attached hydrogen (secondary N) is 3. The van der Waals surface area contributed by atoms with Crippen molar-refractivity contribution in [3.63, 3.8) is 0 Å². The maximum atomic E-state index is 12.2. The van der Waals surface area contributed by atoms with Gasteiger partial charge in [-0.25, -0.2) is 0 Å². The molecule has 0 aliphatic heterocycles. The van der Waals surface area contributed by atoms with Crippen molar-refractivity contribution in [2.45, 2.75) is 26.2 Å². The number of hydrazine groups is 1. The molecular weight excluding hydrogens is 436 g/mol. The van der Waals surface area contributed by atoms with E-state index in [0.29, 0.717) is 23.7 Å². The van der Waals surface area contributed by atoms with Gasteiger partial charge in [-0.1, -0.05) is 19.8 Å². The Kier molecular flexibility index (Phi) is 9.85. The predicted octanol–water partition coefficient (Wildman–Crippen LogP) is 2.88. The highest BCUT2D eigenvalue weighted by Crippen LogP contribution is 2.17. The highest BCUT2D eigenvalue weighted by molar-refractivity contribution is 7.80. The van der Waals surface area contributed by atoms with Gasteiger partial charge in [-0.05, 0) is 55.0 Å². The number of thiocarbonyl (C=S) groups is 1. The molecule has 2 rings (SSSR count). The van der Waals surface area contributed by atoms with Crippen LogP contribution in [0.15, 0.2) is 48.5 Å². The fourth-order valence-corrected chi connectivity index (χ4v) is 2.57. The van der Waals surface area contributed by atoms with E-state index in [0.717, 1.165) is 19.3 Å². The van der Waals surface area contributed by atoms with Crippen molar-refractivity contribution in [2.24, 2.45) is 0 Å². The second kappa shape index (κ2) is 12.8. The Morgan fingerprint density at radius 3 is 2.22 bits per heavy atom. The summed E-state index contributed by atoms with van der Waals surface area (Å²) in [5.41, 5.74) is 4.98. The lowest BCUT2D eigenvalue weighted by molar-refractivity contribution is -0.384. The number of amides is 2. The molecule has 2 amide bonds. The number of ether oxygens (including phenoxy) is 2. The Hall–Kier alpha value is -3.73. The average Bonchev–Trinajstić information content (AvgIpc) is 2.79. The molecule has 2 aromatic carbocycles. The van der Waals surface area contributed by atoms with Crippen LogP contribution in [0.1, 0.15) is 36.5 Å². The monoisotopic (exact) mass is 460 g/mol. The minimum absolute atomic E-state index is 0.0845. The van der Waals surface area contributed by atoms with Crippen LogP contribution in [-0.4, -0.2) is 35.1 Å². The van der Waals surface area contributed by atoms with Gasteiger partial charge in [0, 0.05) is 17.7 Å². The minimum Gasteiger partial charge on any atom is -0.494 e. The molecule has 0 heterocycles. The Bertz CT molecular complexity index is 934. The van der Waals surface area contributed by atoms with Crippen LogP contribution in [-0.2, 0) is 4.79 Å². The number of nitro benzene ring substituents is 1. The van der Waals surface area contributed by atoms with Gasteiger partial charge in [0.05, 0.1) is 11.5 Å². The average molecular weight is 461 g/mol.